The van der Waals surface area contributed by atoms with Crippen molar-refractivity contribution in [1.29, 1.82) is 0 Å². The van der Waals surface area contributed by atoms with Crippen LogP contribution in [0.25, 0.3) is 0 Å². The highest BCUT2D eigenvalue weighted by molar-refractivity contribution is 5.48. The second kappa shape index (κ2) is 7.50. The van der Waals surface area contributed by atoms with Crippen molar-refractivity contribution in [1.82, 2.24) is 4.90 Å². The summed E-state index contributed by atoms with van der Waals surface area (Å²) in [6, 6.07) is 8.67. The summed E-state index contributed by atoms with van der Waals surface area (Å²) >= 11 is 0. The zero-order chi connectivity index (χ0) is 14.4. The molecule has 0 amide bonds. The van der Waals surface area contributed by atoms with Crippen molar-refractivity contribution < 1.29 is 9.47 Å². The van der Waals surface area contributed by atoms with Gasteiger partial charge in [0.15, 0.2) is 0 Å². The molecule has 4 nitrogen and oxygen atoms in total. The molecule has 0 radical (unpaired) electrons. The molecule has 1 N–H and O–H groups in total. The van der Waals surface area contributed by atoms with Gasteiger partial charge in [0.1, 0.15) is 5.75 Å². The van der Waals surface area contributed by atoms with Crippen LogP contribution in [0.4, 0.5) is 5.69 Å². The zero-order valence-corrected chi connectivity index (χ0v) is 12.8. The quantitative estimate of drug-likeness (QED) is 0.867. The number of benzene rings is 1. The molecule has 1 aliphatic heterocycles. The SMILES string of the molecule is CCOc1cccc(NCC2CN(C(C)C)CCO2)c1. The summed E-state index contributed by atoms with van der Waals surface area (Å²) in [6.07, 6.45) is 0.252. The summed E-state index contributed by atoms with van der Waals surface area (Å²) < 4.78 is 11.3. The standard InChI is InChI=1S/C16H26N2O2/c1-4-19-15-7-5-6-14(10-15)17-11-16-12-18(13(2)3)8-9-20-16/h5-7,10,13,16-17H,4,8-9,11-12H2,1-3H3. The van der Waals surface area contributed by atoms with Gasteiger partial charge in [0, 0.05) is 37.4 Å². The Bertz CT molecular complexity index is 409. The van der Waals surface area contributed by atoms with Crippen molar-refractivity contribution in [3.05, 3.63) is 24.3 Å². The van der Waals surface area contributed by atoms with Crippen LogP contribution >= 0.6 is 0 Å². The third-order valence-electron chi connectivity index (χ3n) is 3.58. The summed E-state index contributed by atoms with van der Waals surface area (Å²) in [5.74, 6) is 0.908. The van der Waals surface area contributed by atoms with Crippen LogP contribution in [-0.2, 0) is 4.74 Å². The molecule has 0 bridgehead atoms. The molecule has 1 aliphatic rings. The summed E-state index contributed by atoms with van der Waals surface area (Å²) in [5.41, 5.74) is 1.08. The van der Waals surface area contributed by atoms with Crippen LogP contribution in [0.15, 0.2) is 24.3 Å². The summed E-state index contributed by atoms with van der Waals surface area (Å²) in [4.78, 5) is 2.46. The fourth-order valence-corrected chi connectivity index (χ4v) is 2.43. The second-order valence-corrected chi connectivity index (χ2v) is 5.42. The third kappa shape index (κ3) is 4.39. The van der Waals surface area contributed by atoms with Crippen LogP contribution in [0.1, 0.15) is 20.8 Å². The van der Waals surface area contributed by atoms with Crippen LogP contribution in [0.5, 0.6) is 5.75 Å². The van der Waals surface area contributed by atoms with Gasteiger partial charge < -0.3 is 14.8 Å². The van der Waals surface area contributed by atoms with E-state index in [2.05, 4.69) is 30.1 Å². The maximum absolute atomic E-state index is 5.82. The first kappa shape index (κ1) is 15.1. The topological polar surface area (TPSA) is 33.7 Å². The summed E-state index contributed by atoms with van der Waals surface area (Å²) in [5, 5.41) is 3.44. The number of anilines is 1. The van der Waals surface area contributed by atoms with Crippen molar-refractivity contribution in [3.8, 4) is 5.75 Å². The van der Waals surface area contributed by atoms with E-state index in [1.165, 1.54) is 0 Å². The number of hydrogen-bond donors (Lipinski definition) is 1. The van der Waals surface area contributed by atoms with Gasteiger partial charge in [0.2, 0.25) is 0 Å². The monoisotopic (exact) mass is 278 g/mol. The number of nitrogens with one attached hydrogen (secondary N) is 1. The van der Waals surface area contributed by atoms with Crippen molar-refractivity contribution in [2.45, 2.75) is 32.9 Å². The number of ether oxygens (including phenoxy) is 2. The Hall–Kier alpha value is -1.26. The molecule has 1 heterocycles. The lowest BCUT2D eigenvalue weighted by Gasteiger charge is -2.35. The molecule has 1 aromatic carbocycles. The first-order chi connectivity index (χ1) is 9.69. The Morgan fingerprint density at radius 2 is 2.30 bits per heavy atom. The number of nitrogens with zero attached hydrogens (tertiary/aromatic N) is 1. The summed E-state index contributed by atoms with van der Waals surface area (Å²) in [6.45, 7) is 10.9. The van der Waals surface area contributed by atoms with E-state index in [9.17, 15) is 0 Å². The van der Waals surface area contributed by atoms with E-state index >= 15 is 0 Å². The maximum Gasteiger partial charge on any atom is 0.121 e. The molecule has 4 heteroatoms. The molecule has 0 aliphatic carbocycles. The highest BCUT2D eigenvalue weighted by atomic mass is 16.5. The van der Waals surface area contributed by atoms with Crippen molar-refractivity contribution in [2.24, 2.45) is 0 Å². The minimum Gasteiger partial charge on any atom is -0.494 e. The normalized spacial score (nSPS) is 20.1. The van der Waals surface area contributed by atoms with E-state index in [1.54, 1.807) is 0 Å². The minimum absolute atomic E-state index is 0.252. The third-order valence-corrected chi connectivity index (χ3v) is 3.58. The van der Waals surface area contributed by atoms with Gasteiger partial charge in [-0.3, -0.25) is 4.90 Å². The Balaban J connectivity index is 1.83. The van der Waals surface area contributed by atoms with Crippen LogP contribution in [0.2, 0.25) is 0 Å². The molecule has 1 saturated heterocycles. The number of morpholine rings is 1. The van der Waals surface area contributed by atoms with E-state index in [-0.39, 0.29) is 6.10 Å². The smallest absolute Gasteiger partial charge is 0.121 e. The Morgan fingerprint density at radius 3 is 3.05 bits per heavy atom. The minimum atomic E-state index is 0.252. The number of hydrogen-bond acceptors (Lipinski definition) is 4. The molecule has 20 heavy (non-hydrogen) atoms. The lowest BCUT2D eigenvalue weighted by molar-refractivity contribution is -0.0315. The molecule has 112 valence electrons. The molecule has 0 spiro atoms. The highest BCUT2D eigenvalue weighted by Gasteiger charge is 2.21. The summed E-state index contributed by atoms with van der Waals surface area (Å²) in [7, 11) is 0. The average molecular weight is 278 g/mol. The molecule has 0 saturated carbocycles. The van der Waals surface area contributed by atoms with Crippen molar-refractivity contribution in [2.75, 3.05) is 38.2 Å². The molecule has 1 atom stereocenters. The molecular weight excluding hydrogens is 252 g/mol. The fraction of sp³-hybridized carbons (Fsp3) is 0.625. The highest BCUT2D eigenvalue weighted by Crippen LogP contribution is 2.18. The van der Waals surface area contributed by atoms with Gasteiger partial charge in [-0.1, -0.05) is 6.07 Å². The van der Waals surface area contributed by atoms with Crippen LogP contribution in [-0.4, -0.2) is 49.9 Å². The predicted molar refractivity (Wildman–Crippen MR) is 82.5 cm³/mol. The zero-order valence-electron chi connectivity index (χ0n) is 12.8. The van der Waals surface area contributed by atoms with Gasteiger partial charge in [-0.25, -0.2) is 0 Å². The van der Waals surface area contributed by atoms with Gasteiger partial charge in [0.25, 0.3) is 0 Å². The van der Waals surface area contributed by atoms with Gasteiger partial charge in [0.05, 0.1) is 19.3 Å². The van der Waals surface area contributed by atoms with E-state index in [0.29, 0.717) is 12.6 Å². The molecule has 1 aromatic rings. The van der Waals surface area contributed by atoms with Gasteiger partial charge in [-0.05, 0) is 32.9 Å². The Kier molecular flexibility index (Phi) is 5.68. The first-order valence-electron chi connectivity index (χ1n) is 7.51. The molecule has 1 fully saturated rings. The molecule has 2 rings (SSSR count). The molecular formula is C16H26N2O2. The van der Waals surface area contributed by atoms with E-state index < -0.39 is 0 Å². The van der Waals surface area contributed by atoms with Crippen LogP contribution in [0, 0.1) is 0 Å². The van der Waals surface area contributed by atoms with Crippen LogP contribution < -0.4 is 10.1 Å². The molecule has 0 aromatic heterocycles. The number of rotatable bonds is 6. The predicted octanol–water partition coefficient (Wildman–Crippen LogP) is 2.61. The van der Waals surface area contributed by atoms with Crippen molar-refractivity contribution in [3.63, 3.8) is 0 Å². The van der Waals surface area contributed by atoms with Gasteiger partial charge in [-0.15, -0.1) is 0 Å². The lowest BCUT2D eigenvalue weighted by Crippen LogP contribution is -2.48. The van der Waals surface area contributed by atoms with E-state index in [4.69, 9.17) is 9.47 Å². The van der Waals surface area contributed by atoms with Crippen LogP contribution in [0.3, 0.4) is 0 Å². The van der Waals surface area contributed by atoms with Gasteiger partial charge in [-0.2, -0.15) is 0 Å². The van der Waals surface area contributed by atoms with Gasteiger partial charge >= 0.3 is 0 Å². The Morgan fingerprint density at radius 1 is 1.45 bits per heavy atom. The van der Waals surface area contributed by atoms with E-state index in [1.807, 2.05) is 25.1 Å². The average Bonchev–Trinajstić information content (AvgIpc) is 2.46. The first-order valence-corrected chi connectivity index (χ1v) is 7.51. The van der Waals surface area contributed by atoms with Crippen molar-refractivity contribution >= 4 is 5.69 Å². The Labute approximate surface area is 122 Å². The second-order valence-electron chi connectivity index (χ2n) is 5.42. The molecule has 1 unspecified atom stereocenters. The maximum atomic E-state index is 5.82. The lowest BCUT2D eigenvalue weighted by atomic mass is 10.2. The largest absolute Gasteiger partial charge is 0.494 e. The fourth-order valence-electron chi connectivity index (χ4n) is 2.43. The van der Waals surface area contributed by atoms with E-state index in [0.717, 1.165) is 37.7 Å².